The van der Waals surface area contributed by atoms with Crippen LogP contribution in [0.2, 0.25) is 0 Å². The molecule has 0 saturated carbocycles. The van der Waals surface area contributed by atoms with E-state index in [0.29, 0.717) is 13.1 Å². The first kappa shape index (κ1) is 16.9. The third-order valence-electron chi connectivity index (χ3n) is 4.24. The lowest BCUT2D eigenvalue weighted by Crippen LogP contribution is -2.34. The van der Waals surface area contributed by atoms with E-state index < -0.39 is 0 Å². The molecule has 0 spiro atoms. The van der Waals surface area contributed by atoms with E-state index in [0.717, 1.165) is 38.9 Å². The van der Waals surface area contributed by atoms with Crippen LogP contribution in [-0.4, -0.2) is 55.3 Å². The van der Waals surface area contributed by atoms with Crippen molar-refractivity contribution >= 4 is 11.8 Å². The maximum absolute atomic E-state index is 12.2. The summed E-state index contributed by atoms with van der Waals surface area (Å²) in [6, 6.07) is 4.86. The Morgan fingerprint density at radius 1 is 0.958 bits per heavy atom. The van der Waals surface area contributed by atoms with Gasteiger partial charge >= 0.3 is 0 Å². The number of nitrogens with one attached hydrogen (secondary N) is 2. The fourth-order valence-electron chi connectivity index (χ4n) is 2.89. The minimum atomic E-state index is -0.292. The second kappa shape index (κ2) is 8.21. The van der Waals surface area contributed by atoms with Crippen molar-refractivity contribution in [3.05, 3.63) is 29.6 Å². The molecule has 2 aliphatic heterocycles. The zero-order valence-electron chi connectivity index (χ0n) is 13.6. The Labute approximate surface area is 141 Å². The van der Waals surface area contributed by atoms with Gasteiger partial charge in [0, 0.05) is 26.3 Å². The third-order valence-corrected chi connectivity index (χ3v) is 4.24. The van der Waals surface area contributed by atoms with Gasteiger partial charge in [0.2, 0.25) is 0 Å². The van der Waals surface area contributed by atoms with Gasteiger partial charge in [-0.2, -0.15) is 0 Å². The van der Waals surface area contributed by atoms with Crippen molar-refractivity contribution in [2.75, 3.05) is 26.3 Å². The first-order chi connectivity index (χ1) is 11.7. The number of carbonyl (C=O) groups excluding carboxylic acids is 2. The van der Waals surface area contributed by atoms with Crippen LogP contribution in [0.15, 0.2) is 18.2 Å². The Balaban J connectivity index is 1.52. The first-order valence-electron chi connectivity index (χ1n) is 8.49. The summed E-state index contributed by atoms with van der Waals surface area (Å²) in [7, 11) is 0. The van der Waals surface area contributed by atoms with Crippen LogP contribution >= 0.6 is 0 Å². The number of hydrogen-bond donors (Lipinski definition) is 2. The lowest BCUT2D eigenvalue weighted by atomic mass is 10.2. The van der Waals surface area contributed by atoms with Gasteiger partial charge in [-0.05, 0) is 37.8 Å². The highest BCUT2D eigenvalue weighted by molar-refractivity contribution is 5.96. The Morgan fingerprint density at radius 2 is 1.46 bits per heavy atom. The lowest BCUT2D eigenvalue weighted by molar-refractivity contribution is 0.0847. The molecule has 0 unspecified atom stereocenters. The van der Waals surface area contributed by atoms with Gasteiger partial charge in [0.15, 0.2) is 0 Å². The summed E-state index contributed by atoms with van der Waals surface area (Å²) in [6.07, 6.45) is 4.12. The molecule has 0 aliphatic carbocycles. The highest BCUT2D eigenvalue weighted by Crippen LogP contribution is 2.12. The molecular formula is C17H23N3O4. The molecule has 24 heavy (non-hydrogen) atoms. The summed E-state index contributed by atoms with van der Waals surface area (Å²) < 4.78 is 10.9. The maximum atomic E-state index is 12.2. The molecule has 2 fully saturated rings. The molecule has 2 atom stereocenters. The third kappa shape index (κ3) is 4.52. The highest BCUT2D eigenvalue weighted by Gasteiger charge is 2.19. The number of hydrogen-bond acceptors (Lipinski definition) is 5. The smallest absolute Gasteiger partial charge is 0.269 e. The molecule has 0 bridgehead atoms. The van der Waals surface area contributed by atoms with E-state index in [1.807, 2.05) is 0 Å². The largest absolute Gasteiger partial charge is 0.376 e. The van der Waals surface area contributed by atoms with E-state index in [1.165, 1.54) is 0 Å². The van der Waals surface area contributed by atoms with Crippen LogP contribution in [0.4, 0.5) is 0 Å². The van der Waals surface area contributed by atoms with Crippen molar-refractivity contribution in [1.82, 2.24) is 15.6 Å². The lowest BCUT2D eigenvalue weighted by Gasteiger charge is -2.12. The molecule has 2 saturated heterocycles. The summed E-state index contributed by atoms with van der Waals surface area (Å²) in [5.41, 5.74) is 0.468. The minimum Gasteiger partial charge on any atom is -0.376 e. The van der Waals surface area contributed by atoms with Gasteiger partial charge in [-0.15, -0.1) is 0 Å². The van der Waals surface area contributed by atoms with Crippen molar-refractivity contribution in [1.29, 1.82) is 0 Å². The number of aromatic nitrogens is 1. The number of nitrogens with zero attached hydrogens (tertiary/aromatic N) is 1. The number of rotatable bonds is 6. The topological polar surface area (TPSA) is 89.5 Å². The van der Waals surface area contributed by atoms with Crippen molar-refractivity contribution in [2.24, 2.45) is 0 Å². The second-order valence-corrected chi connectivity index (χ2v) is 6.10. The van der Waals surface area contributed by atoms with E-state index in [1.54, 1.807) is 18.2 Å². The molecule has 1 aromatic heterocycles. The van der Waals surface area contributed by atoms with Crippen molar-refractivity contribution in [3.63, 3.8) is 0 Å². The summed E-state index contributed by atoms with van der Waals surface area (Å²) in [5.74, 6) is -0.585. The van der Waals surface area contributed by atoms with Crippen LogP contribution < -0.4 is 10.6 Å². The van der Waals surface area contributed by atoms with Crippen LogP contribution in [0.5, 0.6) is 0 Å². The molecule has 0 radical (unpaired) electrons. The monoisotopic (exact) mass is 333 g/mol. The molecular weight excluding hydrogens is 310 g/mol. The molecule has 3 heterocycles. The van der Waals surface area contributed by atoms with Gasteiger partial charge in [-0.1, -0.05) is 6.07 Å². The summed E-state index contributed by atoms with van der Waals surface area (Å²) in [5, 5.41) is 5.61. The molecule has 3 rings (SSSR count). The van der Waals surface area contributed by atoms with Crippen LogP contribution in [0.1, 0.15) is 46.7 Å². The van der Waals surface area contributed by atoms with Crippen LogP contribution in [0.25, 0.3) is 0 Å². The number of carbonyl (C=O) groups is 2. The van der Waals surface area contributed by atoms with E-state index in [2.05, 4.69) is 15.6 Å². The second-order valence-electron chi connectivity index (χ2n) is 6.10. The van der Waals surface area contributed by atoms with Crippen LogP contribution in [-0.2, 0) is 9.47 Å². The van der Waals surface area contributed by atoms with Crippen molar-refractivity contribution in [3.8, 4) is 0 Å². The zero-order chi connectivity index (χ0) is 16.8. The van der Waals surface area contributed by atoms with E-state index in [-0.39, 0.29) is 35.4 Å². The Morgan fingerprint density at radius 3 is 1.88 bits per heavy atom. The number of ether oxygens (including phenoxy) is 2. The molecule has 1 aromatic rings. The molecule has 2 N–H and O–H groups in total. The Bertz CT molecular complexity index is 534. The van der Waals surface area contributed by atoms with Gasteiger partial charge in [0.05, 0.1) is 12.2 Å². The SMILES string of the molecule is O=C(NC[C@H]1CCCO1)c1cccc(C(=O)NC[C@@H]2CCCO2)n1. The molecule has 0 aromatic carbocycles. The predicted octanol–water partition coefficient (Wildman–Crippen LogP) is 0.899. The Kier molecular flexibility index (Phi) is 5.77. The Hall–Kier alpha value is -1.99. The standard InChI is InChI=1S/C17H23N3O4/c21-16(18-10-12-4-2-8-23-12)14-6-1-7-15(20-14)17(22)19-11-13-5-3-9-24-13/h1,6-7,12-13H,2-5,8-11H2,(H,18,21)(H,19,22)/t12-,13+. The summed E-state index contributed by atoms with van der Waals surface area (Å²) in [6.45, 7) is 2.43. The van der Waals surface area contributed by atoms with Gasteiger partial charge in [-0.25, -0.2) is 4.98 Å². The quantitative estimate of drug-likeness (QED) is 0.807. The molecule has 2 aliphatic rings. The van der Waals surface area contributed by atoms with Gasteiger partial charge in [0.25, 0.3) is 11.8 Å². The molecule has 2 amide bonds. The van der Waals surface area contributed by atoms with Gasteiger partial charge in [0.1, 0.15) is 11.4 Å². The van der Waals surface area contributed by atoms with Crippen molar-refractivity contribution in [2.45, 2.75) is 37.9 Å². The first-order valence-corrected chi connectivity index (χ1v) is 8.49. The predicted molar refractivity (Wildman–Crippen MR) is 86.9 cm³/mol. The number of amides is 2. The molecule has 130 valence electrons. The maximum Gasteiger partial charge on any atom is 0.269 e. The zero-order valence-corrected chi connectivity index (χ0v) is 13.6. The van der Waals surface area contributed by atoms with Crippen molar-refractivity contribution < 1.29 is 19.1 Å². The normalized spacial score (nSPS) is 23.2. The average Bonchev–Trinajstić information content (AvgIpc) is 3.31. The van der Waals surface area contributed by atoms with E-state index >= 15 is 0 Å². The fraction of sp³-hybridized carbons (Fsp3) is 0.588. The average molecular weight is 333 g/mol. The summed E-state index contributed by atoms with van der Waals surface area (Å²) in [4.78, 5) is 28.5. The fourth-order valence-corrected chi connectivity index (χ4v) is 2.89. The van der Waals surface area contributed by atoms with E-state index in [4.69, 9.17) is 9.47 Å². The van der Waals surface area contributed by atoms with Crippen LogP contribution in [0.3, 0.4) is 0 Å². The van der Waals surface area contributed by atoms with Crippen LogP contribution in [0, 0.1) is 0 Å². The number of pyridine rings is 1. The minimum absolute atomic E-state index is 0.0758. The summed E-state index contributed by atoms with van der Waals surface area (Å²) >= 11 is 0. The molecule has 7 heteroatoms. The van der Waals surface area contributed by atoms with E-state index in [9.17, 15) is 9.59 Å². The highest BCUT2D eigenvalue weighted by atomic mass is 16.5. The van der Waals surface area contributed by atoms with Gasteiger partial charge in [-0.3, -0.25) is 9.59 Å². The molecule has 7 nitrogen and oxygen atoms in total. The van der Waals surface area contributed by atoms with Gasteiger partial charge < -0.3 is 20.1 Å².